The van der Waals surface area contributed by atoms with Crippen LogP contribution < -0.4 is 27.4 Å². The van der Waals surface area contributed by atoms with E-state index >= 15 is 0 Å². The third kappa shape index (κ3) is 9.23. The number of hydrogen-bond acceptors (Lipinski definition) is 8. The van der Waals surface area contributed by atoms with Gasteiger partial charge in [-0.25, -0.2) is 9.78 Å². The standard InChI is InChI=1S/C19H29N7O8/c1-8(2)15(18(32)25-12(19(33)34)5-14(28)29)26-17(31)11(4-13(21)27)24-16(30)10(20)3-9-6-22-7-23-9/h6-8,10-12,15H,3-5,20H2,1-2H3,(H2,21,27)(H,22,23)(H,24,30)(H,25,32)(H,26,31)(H,28,29)(H,33,34). The van der Waals surface area contributed by atoms with Crippen molar-refractivity contribution in [2.45, 2.75) is 57.3 Å². The van der Waals surface area contributed by atoms with Crippen LogP contribution in [0, 0.1) is 5.92 Å². The largest absolute Gasteiger partial charge is 0.481 e. The number of imidazole rings is 1. The molecule has 0 saturated heterocycles. The minimum atomic E-state index is -1.73. The third-order valence-corrected chi connectivity index (χ3v) is 4.61. The van der Waals surface area contributed by atoms with Gasteiger partial charge in [-0.3, -0.25) is 24.0 Å². The fraction of sp³-hybridized carbons (Fsp3) is 0.526. The molecule has 0 aromatic carbocycles. The molecule has 0 bridgehead atoms. The molecule has 1 heterocycles. The summed E-state index contributed by atoms with van der Waals surface area (Å²) in [5, 5.41) is 24.7. The van der Waals surface area contributed by atoms with Gasteiger partial charge in [0.2, 0.25) is 23.6 Å². The van der Waals surface area contributed by atoms with Crippen molar-refractivity contribution in [1.29, 1.82) is 0 Å². The highest BCUT2D eigenvalue weighted by molar-refractivity contribution is 5.96. The first-order valence-electron chi connectivity index (χ1n) is 10.2. The number of aromatic nitrogens is 2. The first-order valence-corrected chi connectivity index (χ1v) is 10.2. The van der Waals surface area contributed by atoms with E-state index < -0.39 is 78.5 Å². The van der Waals surface area contributed by atoms with E-state index in [-0.39, 0.29) is 6.42 Å². The number of carbonyl (C=O) groups excluding carboxylic acids is 4. The normalized spacial score (nSPS) is 14.4. The summed E-state index contributed by atoms with van der Waals surface area (Å²) in [5.41, 5.74) is 11.6. The van der Waals surface area contributed by atoms with Crippen LogP contribution in [0.5, 0.6) is 0 Å². The van der Waals surface area contributed by atoms with Crippen LogP contribution in [0.25, 0.3) is 0 Å². The van der Waals surface area contributed by atoms with Gasteiger partial charge in [0.1, 0.15) is 18.1 Å². The lowest BCUT2D eigenvalue weighted by atomic mass is 10.0. The second-order valence-corrected chi connectivity index (χ2v) is 7.85. The molecule has 0 fully saturated rings. The molecule has 0 saturated carbocycles. The topological polar surface area (TPSA) is 260 Å². The summed E-state index contributed by atoms with van der Waals surface area (Å²) in [6, 6.07) is -5.61. The van der Waals surface area contributed by atoms with Gasteiger partial charge in [0.15, 0.2) is 0 Å². The highest BCUT2D eigenvalue weighted by atomic mass is 16.4. The zero-order valence-corrected chi connectivity index (χ0v) is 18.6. The third-order valence-electron chi connectivity index (χ3n) is 4.61. The molecular formula is C19H29N7O8. The summed E-state index contributed by atoms with van der Waals surface area (Å²) in [5.74, 6) is -7.19. The molecule has 15 nitrogen and oxygen atoms in total. The van der Waals surface area contributed by atoms with E-state index in [0.717, 1.165) is 0 Å². The van der Waals surface area contributed by atoms with Crippen molar-refractivity contribution in [3.63, 3.8) is 0 Å². The smallest absolute Gasteiger partial charge is 0.326 e. The average Bonchev–Trinajstić information content (AvgIpc) is 3.22. The van der Waals surface area contributed by atoms with Crippen LogP contribution >= 0.6 is 0 Å². The van der Waals surface area contributed by atoms with Crippen molar-refractivity contribution >= 4 is 35.6 Å². The predicted octanol–water partition coefficient (Wildman–Crippen LogP) is -3.18. The Balaban J connectivity index is 2.92. The fourth-order valence-corrected chi connectivity index (χ4v) is 2.84. The number of carbonyl (C=O) groups is 6. The molecule has 15 heteroatoms. The van der Waals surface area contributed by atoms with Crippen molar-refractivity contribution in [1.82, 2.24) is 25.9 Å². The quantitative estimate of drug-likeness (QED) is 0.131. The van der Waals surface area contributed by atoms with Crippen molar-refractivity contribution < 1.29 is 39.0 Å². The second-order valence-electron chi connectivity index (χ2n) is 7.85. The van der Waals surface area contributed by atoms with Gasteiger partial charge in [-0.05, 0) is 5.92 Å². The van der Waals surface area contributed by atoms with Crippen LogP contribution in [0.3, 0.4) is 0 Å². The summed E-state index contributed by atoms with van der Waals surface area (Å²) in [7, 11) is 0. The molecule has 4 amide bonds. The monoisotopic (exact) mass is 483 g/mol. The first-order chi connectivity index (χ1) is 15.8. The molecule has 0 aliphatic carbocycles. The Bertz CT molecular complexity index is 902. The van der Waals surface area contributed by atoms with Gasteiger partial charge in [-0.15, -0.1) is 0 Å². The molecule has 0 spiro atoms. The number of aliphatic carboxylic acids is 2. The van der Waals surface area contributed by atoms with Gasteiger partial charge in [0.05, 0.1) is 25.2 Å². The predicted molar refractivity (Wildman–Crippen MR) is 115 cm³/mol. The number of carboxylic acid groups (broad SMARTS) is 2. The number of amides is 4. The summed E-state index contributed by atoms with van der Waals surface area (Å²) >= 11 is 0. The van der Waals surface area contributed by atoms with Crippen molar-refractivity contribution in [3.05, 3.63) is 18.2 Å². The van der Waals surface area contributed by atoms with Crippen molar-refractivity contribution in [3.8, 4) is 0 Å². The minimum Gasteiger partial charge on any atom is -0.481 e. The summed E-state index contributed by atoms with van der Waals surface area (Å²) in [6.45, 7) is 3.08. The number of aromatic amines is 1. The SMILES string of the molecule is CC(C)C(NC(=O)C(CC(N)=O)NC(=O)C(N)Cc1cnc[nH]1)C(=O)NC(CC(=O)O)C(=O)O. The van der Waals surface area contributed by atoms with Gasteiger partial charge >= 0.3 is 11.9 Å². The maximum atomic E-state index is 12.8. The molecule has 0 aliphatic heterocycles. The number of rotatable bonds is 14. The van der Waals surface area contributed by atoms with E-state index in [0.29, 0.717) is 5.69 Å². The Morgan fingerprint density at radius 2 is 1.59 bits per heavy atom. The molecule has 1 aromatic heterocycles. The highest BCUT2D eigenvalue weighted by Crippen LogP contribution is 2.06. The van der Waals surface area contributed by atoms with Gasteiger partial charge in [-0.2, -0.15) is 0 Å². The summed E-state index contributed by atoms with van der Waals surface area (Å²) in [6.07, 6.45) is 1.44. The maximum Gasteiger partial charge on any atom is 0.326 e. The molecule has 1 aromatic rings. The van der Waals surface area contributed by atoms with Gasteiger partial charge in [0.25, 0.3) is 0 Å². The molecule has 188 valence electrons. The average molecular weight is 483 g/mol. The lowest BCUT2D eigenvalue weighted by molar-refractivity contribution is -0.147. The number of hydrogen-bond donors (Lipinski definition) is 8. The summed E-state index contributed by atoms with van der Waals surface area (Å²) < 4.78 is 0. The van der Waals surface area contributed by atoms with E-state index in [4.69, 9.17) is 21.7 Å². The second kappa shape index (κ2) is 12.9. The number of primary amides is 1. The van der Waals surface area contributed by atoms with Crippen LogP contribution in [-0.2, 0) is 35.2 Å². The fourth-order valence-electron chi connectivity index (χ4n) is 2.84. The minimum absolute atomic E-state index is 0.0634. The number of nitrogens with one attached hydrogen (secondary N) is 4. The lowest BCUT2D eigenvalue weighted by Gasteiger charge is -2.26. The van der Waals surface area contributed by atoms with E-state index in [9.17, 15) is 28.8 Å². The zero-order valence-electron chi connectivity index (χ0n) is 18.6. The number of H-pyrrole nitrogens is 1. The van der Waals surface area contributed by atoms with Crippen molar-refractivity contribution in [2.75, 3.05) is 0 Å². The van der Waals surface area contributed by atoms with E-state index in [2.05, 4.69) is 25.9 Å². The number of carboxylic acids is 2. The lowest BCUT2D eigenvalue weighted by Crippen LogP contribution is -2.59. The Morgan fingerprint density at radius 1 is 0.971 bits per heavy atom. The molecule has 0 aliphatic rings. The van der Waals surface area contributed by atoms with E-state index in [1.165, 1.54) is 12.5 Å². The first kappa shape index (κ1) is 28.0. The molecular weight excluding hydrogens is 454 g/mol. The Hall–Kier alpha value is -4.01. The van der Waals surface area contributed by atoms with Crippen LogP contribution in [-0.4, -0.2) is 79.9 Å². The molecule has 10 N–H and O–H groups in total. The molecule has 4 atom stereocenters. The Labute approximate surface area is 194 Å². The van der Waals surface area contributed by atoms with E-state index in [1.807, 2.05) is 0 Å². The molecule has 0 radical (unpaired) electrons. The highest BCUT2D eigenvalue weighted by Gasteiger charge is 2.33. The van der Waals surface area contributed by atoms with E-state index in [1.54, 1.807) is 13.8 Å². The molecule has 1 rings (SSSR count). The molecule has 34 heavy (non-hydrogen) atoms. The Morgan fingerprint density at radius 3 is 2.06 bits per heavy atom. The van der Waals surface area contributed by atoms with Gasteiger partial charge in [-0.1, -0.05) is 13.8 Å². The van der Waals surface area contributed by atoms with Gasteiger partial charge < -0.3 is 42.6 Å². The zero-order chi connectivity index (χ0) is 26.0. The van der Waals surface area contributed by atoms with Crippen LogP contribution in [0.4, 0.5) is 0 Å². The number of nitrogens with two attached hydrogens (primary N) is 2. The van der Waals surface area contributed by atoms with Gasteiger partial charge in [0, 0.05) is 18.3 Å². The Kier molecular flexibility index (Phi) is 10.6. The van der Waals surface area contributed by atoms with Crippen LogP contribution in [0.15, 0.2) is 12.5 Å². The van der Waals surface area contributed by atoms with Crippen LogP contribution in [0.2, 0.25) is 0 Å². The van der Waals surface area contributed by atoms with Crippen molar-refractivity contribution in [2.24, 2.45) is 17.4 Å². The van der Waals surface area contributed by atoms with Crippen LogP contribution in [0.1, 0.15) is 32.4 Å². The number of nitrogens with zero attached hydrogens (tertiary/aromatic N) is 1. The molecule has 4 unspecified atom stereocenters. The maximum absolute atomic E-state index is 12.8. The summed E-state index contributed by atoms with van der Waals surface area (Å²) in [4.78, 5) is 77.9.